The van der Waals surface area contributed by atoms with Crippen molar-refractivity contribution in [3.8, 4) is 0 Å². The van der Waals surface area contributed by atoms with Gasteiger partial charge in [0.05, 0.1) is 6.61 Å². The van der Waals surface area contributed by atoms with Crippen molar-refractivity contribution in [1.82, 2.24) is 16.0 Å². The molecule has 0 spiro atoms. The standard InChI is InChI=1S/C21H31N3O7/c1-21(2,3)31-20(29)24-16(12-25)19(28)23-15(18(27)22-4)10-11-17(26)30-13-14-8-6-5-7-9-14/h5-9,15-16,25H,10-13H2,1-4H3,(H,22,27)(H,23,28)(H,24,29)/t15-,16-/m0/s1. The summed E-state index contributed by atoms with van der Waals surface area (Å²) in [6.07, 6.45) is -1.03. The number of aliphatic hydroxyl groups excluding tert-OH is 1. The molecular formula is C21H31N3O7. The van der Waals surface area contributed by atoms with Crippen LogP contribution in [0.15, 0.2) is 30.3 Å². The van der Waals surface area contributed by atoms with Gasteiger partial charge in [0, 0.05) is 13.5 Å². The minimum absolute atomic E-state index is 0.0242. The molecule has 0 fully saturated rings. The van der Waals surface area contributed by atoms with Crippen LogP contribution in [0.3, 0.4) is 0 Å². The molecule has 0 unspecified atom stereocenters. The van der Waals surface area contributed by atoms with Crippen LogP contribution >= 0.6 is 0 Å². The Morgan fingerprint density at radius 3 is 2.19 bits per heavy atom. The van der Waals surface area contributed by atoms with Crippen LogP contribution in [0, 0.1) is 0 Å². The van der Waals surface area contributed by atoms with E-state index >= 15 is 0 Å². The predicted molar refractivity (Wildman–Crippen MR) is 112 cm³/mol. The van der Waals surface area contributed by atoms with E-state index in [2.05, 4.69) is 16.0 Å². The second kappa shape index (κ2) is 12.5. The molecule has 0 saturated carbocycles. The number of nitrogens with one attached hydrogen (secondary N) is 3. The van der Waals surface area contributed by atoms with E-state index in [1.165, 1.54) is 7.05 Å². The van der Waals surface area contributed by atoms with E-state index < -0.39 is 48.2 Å². The molecule has 0 heterocycles. The zero-order chi connectivity index (χ0) is 23.4. The molecule has 0 aliphatic rings. The molecule has 10 heteroatoms. The van der Waals surface area contributed by atoms with Gasteiger partial charge in [-0.15, -0.1) is 0 Å². The number of esters is 1. The van der Waals surface area contributed by atoms with Crippen molar-refractivity contribution >= 4 is 23.9 Å². The molecule has 3 amide bonds. The van der Waals surface area contributed by atoms with Gasteiger partial charge in [0.15, 0.2) is 0 Å². The number of hydrogen-bond donors (Lipinski definition) is 4. The molecule has 172 valence electrons. The van der Waals surface area contributed by atoms with E-state index in [1.54, 1.807) is 20.8 Å². The largest absolute Gasteiger partial charge is 0.461 e. The lowest BCUT2D eigenvalue weighted by atomic mass is 10.1. The third-order valence-electron chi connectivity index (χ3n) is 3.95. The van der Waals surface area contributed by atoms with Gasteiger partial charge in [0.25, 0.3) is 0 Å². The summed E-state index contributed by atoms with van der Waals surface area (Å²) in [5, 5.41) is 16.5. The van der Waals surface area contributed by atoms with Crippen molar-refractivity contribution in [1.29, 1.82) is 0 Å². The summed E-state index contributed by atoms with van der Waals surface area (Å²) in [4.78, 5) is 48.4. The first-order valence-corrected chi connectivity index (χ1v) is 9.87. The lowest BCUT2D eigenvalue weighted by Gasteiger charge is -2.24. The monoisotopic (exact) mass is 437 g/mol. The van der Waals surface area contributed by atoms with Gasteiger partial charge in [0.2, 0.25) is 11.8 Å². The maximum Gasteiger partial charge on any atom is 0.408 e. The molecule has 0 aliphatic heterocycles. The summed E-state index contributed by atoms with van der Waals surface area (Å²) in [7, 11) is 1.39. The van der Waals surface area contributed by atoms with E-state index in [1.807, 2.05) is 30.3 Å². The third kappa shape index (κ3) is 10.4. The van der Waals surface area contributed by atoms with Gasteiger partial charge >= 0.3 is 12.1 Å². The highest BCUT2D eigenvalue weighted by atomic mass is 16.6. The number of hydrogen-bond acceptors (Lipinski definition) is 7. The highest BCUT2D eigenvalue weighted by Gasteiger charge is 2.28. The van der Waals surface area contributed by atoms with Crippen molar-refractivity contribution < 1.29 is 33.8 Å². The summed E-state index contributed by atoms with van der Waals surface area (Å²) in [5.41, 5.74) is 0.0386. The van der Waals surface area contributed by atoms with Gasteiger partial charge in [-0.1, -0.05) is 30.3 Å². The number of likely N-dealkylation sites (N-methyl/N-ethyl adjacent to an activating group) is 1. The van der Waals surface area contributed by atoms with Crippen LogP contribution in [0.1, 0.15) is 39.2 Å². The Morgan fingerprint density at radius 1 is 1.00 bits per heavy atom. The lowest BCUT2D eigenvalue weighted by molar-refractivity contribution is -0.145. The first-order valence-electron chi connectivity index (χ1n) is 9.87. The summed E-state index contributed by atoms with van der Waals surface area (Å²) in [6.45, 7) is 4.35. The Balaban J connectivity index is 2.61. The zero-order valence-electron chi connectivity index (χ0n) is 18.3. The highest BCUT2D eigenvalue weighted by molar-refractivity contribution is 5.91. The number of rotatable bonds is 10. The van der Waals surface area contributed by atoms with E-state index in [4.69, 9.17) is 9.47 Å². The van der Waals surface area contributed by atoms with Gasteiger partial charge in [-0.3, -0.25) is 14.4 Å². The minimum Gasteiger partial charge on any atom is -0.461 e. The van der Waals surface area contributed by atoms with Crippen molar-refractivity contribution in [3.05, 3.63) is 35.9 Å². The fourth-order valence-electron chi connectivity index (χ4n) is 2.43. The number of ether oxygens (including phenoxy) is 2. The molecule has 1 rings (SSSR count). The molecule has 0 bridgehead atoms. The molecule has 4 N–H and O–H groups in total. The van der Waals surface area contributed by atoms with Gasteiger partial charge in [0.1, 0.15) is 24.3 Å². The second-order valence-electron chi connectivity index (χ2n) is 7.74. The molecule has 1 aromatic rings. The quantitative estimate of drug-likeness (QED) is 0.393. The lowest BCUT2D eigenvalue weighted by Crippen LogP contribution is -2.55. The Kier molecular flexibility index (Phi) is 10.5. The fraction of sp³-hybridized carbons (Fsp3) is 0.524. The molecule has 1 aromatic carbocycles. The Morgan fingerprint density at radius 2 is 1.65 bits per heavy atom. The fourth-order valence-corrected chi connectivity index (χ4v) is 2.43. The van der Waals surface area contributed by atoms with Crippen LogP contribution in [0.5, 0.6) is 0 Å². The minimum atomic E-state index is -1.33. The number of carbonyl (C=O) groups is 4. The van der Waals surface area contributed by atoms with Crippen LogP contribution < -0.4 is 16.0 Å². The van der Waals surface area contributed by atoms with Gasteiger partial charge in [-0.2, -0.15) is 0 Å². The van der Waals surface area contributed by atoms with Crippen molar-refractivity contribution in [2.24, 2.45) is 0 Å². The molecule has 0 aromatic heterocycles. The molecule has 0 aliphatic carbocycles. The average Bonchev–Trinajstić information content (AvgIpc) is 2.72. The van der Waals surface area contributed by atoms with Crippen molar-refractivity contribution in [2.45, 2.75) is 57.9 Å². The topological polar surface area (TPSA) is 143 Å². The molecule has 31 heavy (non-hydrogen) atoms. The third-order valence-corrected chi connectivity index (χ3v) is 3.95. The van der Waals surface area contributed by atoms with Crippen LogP contribution in [0.25, 0.3) is 0 Å². The molecule has 2 atom stereocenters. The average molecular weight is 437 g/mol. The van der Waals surface area contributed by atoms with Gasteiger partial charge < -0.3 is 30.5 Å². The molecular weight excluding hydrogens is 406 g/mol. The Hall–Kier alpha value is -3.14. The second-order valence-corrected chi connectivity index (χ2v) is 7.74. The van der Waals surface area contributed by atoms with Crippen LogP contribution in [0.2, 0.25) is 0 Å². The molecule has 0 radical (unpaired) electrons. The SMILES string of the molecule is CNC(=O)[C@H](CCC(=O)OCc1ccccc1)NC(=O)[C@H](CO)NC(=O)OC(C)(C)C. The van der Waals surface area contributed by atoms with Crippen molar-refractivity contribution in [2.75, 3.05) is 13.7 Å². The van der Waals surface area contributed by atoms with E-state index in [-0.39, 0.29) is 19.4 Å². The zero-order valence-corrected chi connectivity index (χ0v) is 18.3. The Bertz CT molecular complexity index is 747. The van der Waals surface area contributed by atoms with Crippen LogP contribution in [-0.4, -0.2) is 60.3 Å². The number of carbonyl (C=O) groups excluding carboxylic acids is 4. The molecule has 10 nitrogen and oxygen atoms in total. The summed E-state index contributed by atoms with van der Waals surface area (Å²) in [6, 6.07) is 6.73. The van der Waals surface area contributed by atoms with E-state index in [0.29, 0.717) is 0 Å². The van der Waals surface area contributed by atoms with Crippen LogP contribution in [-0.2, 0) is 30.5 Å². The maximum atomic E-state index is 12.4. The molecule has 0 saturated heterocycles. The normalized spacial score (nSPS) is 12.8. The van der Waals surface area contributed by atoms with Crippen molar-refractivity contribution in [3.63, 3.8) is 0 Å². The first-order chi connectivity index (χ1) is 14.6. The maximum absolute atomic E-state index is 12.4. The van der Waals surface area contributed by atoms with Gasteiger partial charge in [-0.05, 0) is 32.8 Å². The summed E-state index contributed by atoms with van der Waals surface area (Å²) >= 11 is 0. The first kappa shape index (κ1) is 25.9. The smallest absolute Gasteiger partial charge is 0.408 e. The number of aliphatic hydroxyl groups is 1. The number of amides is 3. The van der Waals surface area contributed by atoms with E-state index in [9.17, 15) is 24.3 Å². The van der Waals surface area contributed by atoms with Gasteiger partial charge in [-0.25, -0.2) is 4.79 Å². The van der Waals surface area contributed by atoms with E-state index in [0.717, 1.165) is 5.56 Å². The highest BCUT2D eigenvalue weighted by Crippen LogP contribution is 2.08. The number of benzene rings is 1. The predicted octanol–water partition coefficient (Wildman–Crippen LogP) is 0.626. The van der Waals surface area contributed by atoms with Crippen LogP contribution in [0.4, 0.5) is 4.79 Å². The number of alkyl carbamates (subject to hydrolysis) is 1. The summed E-state index contributed by atoms with van der Waals surface area (Å²) < 4.78 is 10.2. The summed E-state index contributed by atoms with van der Waals surface area (Å²) in [5.74, 6) is -1.85. The Labute approximate surface area is 181 Å².